The van der Waals surface area contributed by atoms with Crippen LogP contribution in [0.15, 0.2) is 79.4 Å². The average molecular weight is 550 g/mol. The van der Waals surface area contributed by atoms with E-state index in [0.29, 0.717) is 38.2 Å². The summed E-state index contributed by atoms with van der Waals surface area (Å²) >= 11 is 0. The van der Waals surface area contributed by atoms with E-state index in [2.05, 4.69) is 51.1 Å². The molecule has 1 fully saturated rings. The van der Waals surface area contributed by atoms with Crippen LogP contribution in [0.3, 0.4) is 0 Å². The summed E-state index contributed by atoms with van der Waals surface area (Å²) in [4.78, 5) is 23.7. The van der Waals surface area contributed by atoms with Gasteiger partial charge in [-0.3, -0.25) is 4.79 Å². The lowest BCUT2D eigenvalue weighted by molar-refractivity contribution is -0.112. The number of aromatic amines is 1. The molecule has 2 N–H and O–H groups in total. The smallest absolute Gasteiger partial charge is 0.256 e. The summed E-state index contributed by atoms with van der Waals surface area (Å²) < 4.78 is 13.3. The molecule has 9 nitrogen and oxygen atoms in total. The molecule has 41 heavy (non-hydrogen) atoms. The van der Waals surface area contributed by atoms with Crippen molar-refractivity contribution in [2.75, 3.05) is 33.0 Å². The van der Waals surface area contributed by atoms with Crippen LogP contribution < -0.4 is 9.47 Å². The van der Waals surface area contributed by atoms with Gasteiger partial charge in [-0.15, -0.1) is 0 Å². The highest BCUT2D eigenvalue weighted by Crippen LogP contribution is 2.37. The highest BCUT2D eigenvalue weighted by molar-refractivity contribution is 6.06. The SMILES string of the molecule is Cc1nc[nH]c1C(Cc1ccc2c(c1)OCO2)n1cc(C(=O)N2CCN(O)CC2)c(-c2cccc3ccccc23)c1. The van der Waals surface area contributed by atoms with E-state index >= 15 is 0 Å². The molecular formula is C32H31N5O4. The number of carbonyl (C=O) groups excluding carboxylic acids is 1. The predicted octanol–water partition coefficient (Wildman–Crippen LogP) is 5.05. The van der Waals surface area contributed by atoms with Crippen LogP contribution in [0.5, 0.6) is 11.5 Å². The number of rotatable bonds is 6. The van der Waals surface area contributed by atoms with Crippen LogP contribution in [0.1, 0.15) is 33.4 Å². The number of carbonyl (C=O) groups is 1. The van der Waals surface area contributed by atoms with E-state index in [9.17, 15) is 10.0 Å². The molecule has 0 aliphatic carbocycles. The van der Waals surface area contributed by atoms with E-state index in [1.807, 2.05) is 48.4 Å². The number of hydrogen-bond acceptors (Lipinski definition) is 6. The molecule has 0 radical (unpaired) electrons. The van der Waals surface area contributed by atoms with Gasteiger partial charge in [-0.05, 0) is 47.4 Å². The standard InChI is InChI=1S/C32H31N5O4/c1-21-31(34-19-33-21)28(15-22-9-10-29-30(16-22)41-20-40-29)36-17-26(25-8-4-6-23-5-2-3-7-24(23)25)27(18-36)32(38)35-11-13-37(39)14-12-35/h2-10,16-19,28,39H,11-15,20H2,1H3,(H,33,34). The lowest BCUT2D eigenvalue weighted by Gasteiger charge is -2.31. The molecule has 1 atom stereocenters. The maximum absolute atomic E-state index is 14.1. The summed E-state index contributed by atoms with van der Waals surface area (Å²) in [5, 5.41) is 13.4. The van der Waals surface area contributed by atoms with Gasteiger partial charge in [0.1, 0.15) is 0 Å². The van der Waals surface area contributed by atoms with Crippen LogP contribution in [-0.4, -0.2) is 68.6 Å². The molecule has 2 aliphatic heterocycles. The topological polar surface area (TPSA) is 95.8 Å². The Morgan fingerprint density at radius 3 is 2.61 bits per heavy atom. The van der Waals surface area contributed by atoms with E-state index < -0.39 is 0 Å². The summed E-state index contributed by atoms with van der Waals surface area (Å²) in [7, 11) is 0. The molecule has 9 heteroatoms. The molecule has 1 unspecified atom stereocenters. The number of ether oxygens (including phenoxy) is 2. The number of aryl methyl sites for hydroxylation is 1. The van der Waals surface area contributed by atoms with Crippen molar-refractivity contribution in [2.45, 2.75) is 19.4 Å². The van der Waals surface area contributed by atoms with Gasteiger partial charge < -0.3 is 29.1 Å². The molecule has 7 rings (SSSR count). The fraction of sp³-hybridized carbons (Fsp3) is 0.250. The number of nitrogens with zero attached hydrogens (tertiary/aromatic N) is 4. The van der Waals surface area contributed by atoms with Crippen LogP contribution in [0.2, 0.25) is 0 Å². The Balaban J connectivity index is 1.36. The van der Waals surface area contributed by atoms with Crippen molar-refractivity contribution in [3.05, 3.63) is 102 Å². The van der Waals surface area contributed by atoms with Crippen molar-refractivity contribution in [2.24, 2.45) is 0 Å². The molecule has 4 heterocycles. The minimum absolute atomic E-state index is 0.0389. The summed E-state index contributed by atoms with van der Waals surface area (Å²) in [6, 6.07) is 20.3. The lowest BCUT2D eigenvalue weighted by atomic mass is 9.97. The Morgan fingerprint density at radius 2 is 1.78 bits per heavy atom. The van der Waals surface area contributed by atoms with Gasteiger partial charge in [0.15, 0.2) is 11.5 Å². The third-order valence-corrected chi connectivity index (χ3v) is 8.13. The van der Waals surface area contributed by atoms with Crippen LogP contribution in [0.4, 0.5) is 0 Å². The largest absolute Gasteiger partial charge is 0.454 e. The van der Waals surface area contributed by atoms with Gasteiger partial charge in [0.05, 0.1) is 29.3 Å². The zero-order valence-corrected chi connectivity index (χ0v) is 22.8. The molecule has 1 saturated heterocycles. The van der Waals surface area contributed by atoms with Crippen molar-refractivity contribution >= 4 is 16.7 Å². The first-order chi connectivity index (χ1) is 20.0. The predicted molar refractivity (Wildman–Crippen MR) is 154 cm³/mol. The zero-order chi connectivity index (χ0) is 27.9. The number of piperazine rings is 1. The van der Waals surface area contributed by atoms with Gasteiger partial charge in [-0.25, -0.2) is 4.98 Å². The van der Waals surface area contributed by atoms with Gasteiger partial charge >= 0.3 is 0 Å². The number of nitrogens with one attached hydrogen (secondary N) is 1. The van der Waals surface area contributed by atoms with E-state index in [0.717, 1.165) is 50.3 Å². The second-order valence-corrected chi connectivity index (χ2v) is 10.6. The third-order valence-electron chi connectivity index (χ3n) is 8.13. The molecular weight excluding hydrogens is 518 g/mol. The first-order valence-electron chi connectivity index (χ1n) is 13.9. The first kappa shape index (κ1) is 25.4. The van der Waals surface area contributed by atoms with Gasteiger partial charge in [-0.1, -0.05) is 48.5 Å². The minimum atomic E-state index is -0.151. The second kappa shape index (κ2) is 10.4. The maximum Gasteiger partial charge on any atom is 0.256 e. The average Bonchev–Trinajstić information content (AvgIpc) is 3.75. The zero-order valence-electron chi connectivity index (χ0n) is 22.8. The monoisotopic (exact) mass is 549 g/mol. The van der Waals surface area contributed by atoms with Crippen molar-refractivity contribution in [3.63, 3.8) is 0 Å². The van der Waals surface area contributed by atoms with E-state index in [1.54, 1.807) is 6.33 Å². The highest BCUT2D eigenvalue weighted by Gasteiger charge is 2.28. The van der Waals surface area contributed by atoms with Crippen molar-refractivity contribution < 1.29 is 19.5 Å². The number of benzene rings is 3. The van der Waals surface area contributed by atoms with Crippen LogP contribution in [0, 0.1) is 6.92 Å². The molecule has 0 spiro atoms. The summed E-state index contributed by atoms with van der Waals surface area (Å²) in [6.45, 7) is 4.01. The van der Waals surface area contributed by atoms with Crippen LogP contribution in [-0.2, 0) is 6.42 Å². The Morgan fingerprint density at radius 1 is 0.976 bits per heavy atom. The van der Waals surface area contributed by atoms with Crippen LogP contribution in [0.25, 0.3) is 21.9 Å². The number of aromatic nitrogens is 3. The number of hydrogen-bond donors (Lipinski definition) is 2. The minimum Gasteiger partial charge on any atom is -0.454 e. The molecule has 3 aromatic carbocycles. The second-order valence-electron chi connectivity index (χ2n) is 10.6. The Kier molecular flexibility index (Phi) is 6.45. The first-order valence-corrected chi connectivity index (χ1v) is 13.9. The van der Waals surface area contributed by atoms with Crippen LogP contribution >= 0.6 is 0 Å². The van der Waals surface area contributed by atoms with E-state index in [-0.39, 0.29) is 18.7 Å². The third kappa shape index (κ3) is 4.73. The number of hydroxylamine groups is 2. The van der Waals surface area contributed by atoms with Crippen molar-refractivity contribution in [1.82, 2.24) is 24.5 Å². The molecule has 0 saturated carbocycles. The molecule has 0 bridgehead atoms. The molecule has 5 aromatic rings. The fourth-order valence-corrected chi connectivity index (χ4v) is 5.93. The molecule has 2 aromatic heterocycles. The summed E-state index contributed by atoms with van der Waals surface area (Å²) in [5.74, 6) is 1.45. The number of amides is 1. The van der Waals surface area contributed by atoms with E-state index in [4.69, 9.17) is 9.47 Å². The van der Waals surface area contributed by atoms with Gasteiger partial charge in [0.25, 0.3) is 5.91 Å². The highest BCUT2D eigenvalue weighted by atomic mass is 16.7. The Labute approximate surface area is 237 Å². The molecule has 1 amide bonds. The Hall–Kier alpha value is -4.60. The maximum atomic E-state index is 14.1. The number of fused-ring (bicyclic) bond motifs is 2. The van der Waals surface area contributed by atoms with Crippen molar-refractivity contribution in [1.29, 1.82) is 0 Å². The van der Waals surface area contributed by atoms with Crippen molar-refractivity contribution in [3.8, 4) is 22.6 Å². The quantitative estimate of drug-likeness (QED) is 0.308. The molecule has 208 valence electrons. The van der Waals surface area contributed by atoms with E-state index in [1.165, 1.54) is 5.06 Å². The summed E-state index contributed by atoms with van der Waals surface area (Å²) in [6.07, 6.45) is 6.44. The molecule has 2 aliphatic rings. The van der Waals surface area contributed by atoms with Gasteiger partial charge in [-0.2, -0.15) is 5.06 Å². The number of imidazole rings is 1. The van der Waals surface area contributed by atoms with Gasteiger partial charge in [0.2, 0.25) is 6.79 Å². The Bertz CT molecular complexity index is 1730. The summed E-state index contributed by atoms with van der Waals surface area (Å²) in [5.41, 5.74) is 5.50. The normalized spacial score (nSPS) is 15.9. The number of H-pyrrole nitrogens is 1. The lowest BCUT2D eigenvalue weighted by Crippen LogP contribution is -2.47. The van der Waals surface area contributed by atoms with Gasteiger partial charge in [0, 0.05) is 44.1 Å². The fourth-order valence-electron chi connectivity index (χ4n) is 5.93.